The molecule has 0 radical (unpaired) electrons. The first-order valence-corrected chi connectivity index (χ1v) is 31.5. The Morgan fingerprint density at radius 2 is 0.644 bits per heavy atom. The van der Waals surface area contributed by atoms with Crippen LogP contribution in [-0.4, -0.2) is 0 Å². The number of nitriles is 4. The molecule has 0 fully saturated rings. The summed E-state index contributed by atoms with van der Waals surface area (Å²) in [5.74, 6) is 0. The zero-order chi connectivity index (χ0) is 63.2. The molecule has 0 N–H and O–H groups in total. The third-order valence-corrected chi connectivity index (χ3v) is 20.0. The fraction of sp³-hybridized carbons (Fsp3) is 0.209. The van der Waals surface area contributed by atoms with Gasteiger partial charge in [-0.15, -0.1) is 0 Å². The zero-order valence-electron chi connectivity index (χ0n) is 53.8. The van der Waals surface area contributed by atoms with Crippen LogP contribution in [0, 0.1) is 59.2 Å². The van der Waals surface area contributed by atoms with Gasteiger partial charge in [0.05, 0.1) is 46.5 Å². The fourth-order valence-electron chi connectivity index (χ4n) is 15.6. The van der Waals surface area contributed by atoms with Gasteiger partial charge in [-0.2, -0.15) is 21.0 Å². The van der Waals surface area contributed by atoms with Crippen LogP contribution < -0.4 is 0 Å². The SMILES string of the molecule is Cc1cc(C#N)cc(C#N)c1-c1c2cc3c(cc2c(-c2c(C)cc(C#N)cc2C#N)c2c4cccc5cccc(c12)c54)c1ccc2c4c(ccc3c41)-c1c-2c(-c2cc(C(C)(C)C)cc(C(C)(C)C)c2)c2ccccc2c1-c1cc(C(C)(C)C)cc(C(C)(C)C)c1. The van der Waals surface area contributed by atoms with Crippen molar-refractivity contribution in [2.75, 3.05) is 0 Å². The lowest BCUT2D eigenvalue weighted by atomic mass is 9.75. The van der Waals surface area contributed by atoms with Crippen molar-refractivity contribution < 1.29 is 0 Å². The molecule has 1 aliphatic rings. The predicted molar refractivity (Wildman–Crippen MR) is 378 cm³/mol. The van der Waals surface area contributed by atoms with Crippen LogP contribution in [0.3, 0.4) is 0 Å². The van der Waals surface area contributed by atoms with Crippen molar-refractivity contribution in [2.45, 2.75) is 119 Å². The molecule has 1 aliphatic carbocycles. The summed E-state index contributed by atoms with van der Waals surface area (Å²) in [6.45, 7) is 32.0. The highest BCUT2D eigenvalue weighted by Crippen LogP contribution is 2.62. The second-order valence-electron chi connectivity index (χ2n) is 29.7. The van der Waals surface area contributed by atoms with Gasteiger partial charge >= 0.3 is 0 Å². The summed E-state index contributed by atoms with van der Waals surface area (Å²) in [5, 5.41) is 60.8. The molecule has 4 nitrogen and oxygen atoms in total. The lowest BCUT2D eigenvalue weighted by Gasteiger charge is -2.29. The molecule has 0 bridgehead atoms. The number of fused-ring (bicyclic) bond motifs is 11. The summed E-state index contributed by atoms with van der Waals surface area (Å²) in [5.41, 5.74) is 21.3. The summed E-state index contributed by atoms with van der Waals surface area (Å²) >= 11 is 0. The van der Waals surface area contributed by atoms with Crippen LogP contribution >= 0.6 is 0 Å². The summed E-state index contributed by atoms with van der Waals surface area (Å²) in [6, 6.07) is 68.2. The number of hydrogen-bond donors (Lipinski definition) is 0. The Morgan fingerprint density at radius 1 is 0.267 bits per heavy atom. The van der Waals surface area contributed by atoms with Gasteiger partial charge in [-0.3, -0.25) is 0 Å². The van der Waals surface area contributed by atoms with E-state index >= 15 is 0 Å². The third-order valence-electron chi connectivity index (χ3n) is 20.0. The Kier molecular flexibility index (Phi) is 11.9. The average Bonchev–Trinajstić information content (AvgIpc) is 1.50. The summed E-state index contributed by atoms with van der Waals surface area (Å²) in [7, 11) is 0. The zero-order valence-corrected chi connectivity index (χ0v) is 53.8. The molecular weight excluding hydrogens is 1090 g/mol. The fourth-order valence-corrected chi connectivity index (χ4v) is 15.6. The van der Waals surface area contributed by atoms with Crippen molar-refractivity contribution in [3.05, 3.63) is 213 Å². The van der Waals surface area contributed by atoms with Crippen LogP contribution in [0.25, 0.3) is 153 Å². The van der Waals surface area contributed by atoms with Gasteiger partial charge in [0.25, 0.3) is 0 Å². The average molecular weight is 1160 g/mol. The Balaban J connectivity index is 1.16. The van der Waals surface area contributed by atoms with Gasteiger partial charge in [-0.25, -0.2) is 0 Å². The minimum Gasteiger partial charge on any atom is -0.192 e. The monoisotopic (exact) mass is 1160 g/mol. The lowest BCUT2D eigenvalue weighted by molar-refractivity contribution is 0.568. The topological polar surface area (TPSA) is 95.2 Å². The standard InChI is InChI=1S/C86H68N4/c1-45-29-47(41-87)31-52(43-89)70(45)81-68-39-66-60-25-27-64-76-65(28-26-61(75(60)76)67(66)40-69(68)82(71-46(2)30-48(42-88)32-53(71)44-90)80-63-24-18-20-49-19-17-23-62(72(49)63)79(80)81)78-74(51-35-56(85(9,10)11)38-57(36-51)86(12,13)14)59-22-16-15-21-58(59)73(77(64)78)50-33-54(83(3,4)5)37-55(34-50)84(6,7)8/h15-40H,1-14H3. The van der Waals surface area contributed by atoms with Crippen LogP contribution in [0.5, 0.6) is 0 Å². The van der Waals surface area contributed by atoms with Crippen molar-refractivity contribution >= 4 is 86.2 Å². The highest BCUT2D eigenvalue weighted by atomic mass is 14.4. The van der Waals surface area contributed by atoms with Gasteiger partial charge in [-0.1, -0.05) is 204 Å². The molecule has 4 heteroatoms. The van der Waals surface area contributed by atoms with Gasteiger partial charge in [0, 0.05) is 11.1 Å². The van der Waals surface area contributed by atoms with Crippen LogP contribution in [0.4, 0.5) is 0 Å². The normalized spacial score (nSPS) is 12.7. The molecule has 0 saturated heterocycles. The van der Waals surface area contributed by atoms with Crippen molar-refractivity contribution in [3.63, 3.8) is 0 Å². The van der Waals surface area contributed by atoms with Gasteiger partial charge < -0.3 is 0 Å². The highest BCUT2D eigenvalue weighted by Gasteiger charge is 2.36. The molecule has 0 spiro atoms. The second-order valence-corrected chi connectivity index (χ2v) is 29.7. The molecule has 0 saturated carbocycles. The van der Waals surface area contributed by atoms with E-state index in [1.807, 2.05) is 26.0 Å². The van der Waals surface area contributed by atoms with E-state index in [4.69, 9.17) is 0 Å². The van der Waals surface area contributed by atoms with E-state index in [1.165, 1.54) is 88.3 Å². The molecule has 14 aromatic carbocycles. The first-order valence-electron chi connectivity index (χ1n) is 31.5. The van der Waals surface area contributed by atoms with Gasteiger partial charge in [0.15, 0.2) is 0 Å². The quantitative estimate of drug-likeness (QED) is 0.175. The van der Waals surface area contributed by atoms with E-state index in [2.05, 4.69) is 241 Å². The maximum absolute atomic E-state index is 11.3. The van der Waals surface area contributed by atoms with Crippen molar-refractivity contribution in [3.8, 4) is 91.0 Å². The van der Waals surface area contributed by atoms with Crippen LogP contribution in [0.15, 0.2) is 158 Å². The van der Waals surface area contributed by atoms with Crippen LogP contribution in [-0.2, 0) is 21.7 Å². The van der Waals surface area contributed by atoms with Crippen molar-refractivity contribution in [1.29, 1.82) is 21.0 Å². The predicted octanol–water partition coefficient (Wildman–Crippen LogP) is 23.4. The van der Waals surface area contributed by atoms with E-state index in [1.54, 1.807) is 12.1 Å². The number of aryl methyl sites for hydroxylation is 2. The Morgan fingerprint density at radius 3 is 1.00 bits per heavy atom. The number of hydrogen-bond acceptors (Lipinski definition) is 4. The van der Waals surface area contributed by atoms with E-state index in [9.17, 15) is 21.0 Å². The van der Waals surface area contributed by atoms with Gasteiger partial charge in [0.1, 0.15) is 0 Å². The van der Waals surface area contributed by atoms with E-state index < -0.39 is 0 Å². The minimum absolute atomic E-state index is 0.118. The summed E-state index contributed by atoms with van der Waals surface area (Å²) < 4.78 is 0. The Bertz CT molecular complexity index is 5340. The van der Waals surface area contributed by atoms with Gasteiger partial charge in [0.2, 0.25) is 0 Å². The van der Waals surface area contributed by atoms with Crippen molar-refractivity contribution in [2.24, 2.45) is 0 Å². The third kappa shape index (κ3) is 8.01. The van der Waals surface area contributed by atoms with E-state index in [0.29, 0.717) is 22.3 Å². The number of rotatable bonds is 4. The van der Waals surface area contributed by atoms with E-state index in [0.717, 1.165) is 98.0 Å². The Labute approximate surface area is 527 Å². The van der Waals surface area contributed by atoms with Crippen molar-refractivity contribution in [1.82, 2.24) is 0 Å². The largest absolute Gasteiger partial charge is 0.192 e. The smallest absolute Gasteiger partial charge is 0.0998 e. The summed E-state index contributed by atoms with van der Waals surface area (Å²) in [6.07, 6.45) is 0. The molecule has 0 aromatic heterocycles. The maximum atomic E-state index is 11.3. The maximum Gasteiger partial charge on any atom is 0.0998 e. The highest BCUT2D eigenvalue weighted by molar-refractivity contribution is 6.44. The molecule has 0 unspecified atom stereocenters. The van der Waals surface area contributed by atoms with Gasteiger partial charge in [-0.05, 0) is 247 Å². The number of benzene rings is 12. The van der Waals surface area contributed by atoms with Crippen LogP contribution in [0.1, 0.15) is 139 Å². The summed E-state index contributed by atoms with van der Waals surface area (Å²) in [4.78, 5) is 0. The molecule has 15 rings (SSSR count). The molecule has 14 aromatic rings. The molecule has 0 heterocycles. The van der Waals surface area contributed by atoms with Crippen LogP contribution in [0.2, 0.25) is 0 Å². The van der Waals surface area contributed by atoms with E-state index in [-0.39, 0.29) is 21.7 Å². The second kappa shape index (κ2) is 19.1. The number of nitrogens with zero attached hydrogens (tertiary/aromatic N) is 4. The first-order chi connectivity index (χ1) is 42.8. The molecule has 0 amide bonds. The molecule has 0 atom stereocenters. The molecule has 90 heavy (non-hydrogen) atoms. The lowest BCUT2D eigenvalue weighted by Crippen LogP contribution is -2.17. The molecule has 432 valence electrons. The molecule has 0 aliphatic heterocycles. The molecular formula is C86H68N4. The first kappa shape index (κ1) is 56.2. The Hall–Kier alpha value is -10.4. The minimum atomic E-state index is -0.118.